The lowest BCUT2D eigenvalue weighted by Gasteiger charge is -2.11. The molecule has 0 fully saturated rings. The minimum atomic E-state index is -0.575. The third-order valence-corrected chi connectivity index (χ3v) is 5.49. The molecule has 0 aliphatic rings. The van der Waals surface area contributed by atoms with Crippen LogP contribution in [0, 0.1) is 28.8 Å². The Labute approximate surface area is 190 Å². The van der Waals surface area contributed by atoms with Gasteiger partial charge in [-0.3, -0.25) is 0 Å². The van der Waals surface area contributed by atoms with E-state index in [0.717, 1.165) is 0 Å². The van der Waals surface area contributed by atoms with Gasteiger partial charge in [-0.2, -0.15) is 5.26 Å². The third kappa shape index (κ3) is 4.75. The van der Waals surface area contributed by atoms with E-state index in [0.29, 0.717) is 51.6 Å². The predicted octanol–water partition coefficient (Wildman–Crippen LogP) is 7.15. The van der Waals surface area contributed by atoms with Crippen molar-refractivity contribution in [3.05, 3.63) is 114 Å². The minimum absolute atomic E-state index is 0.0122. The molecule has 2 nitrogen and oxygen atoms in total. The summed E-state index contributed by atoms with van der Waals surface area (Å²) in [5.74, 6) is -0.937. The molecule has 0 aliphatic heterocycles. The monoisotopic (exact) mass is 443 g/mol. The Bertz CT molecular complexity index is 1390. The van der Waals surface area contributed by atoms with Crippen LogP contribution in [0.15, 0.2) is 79.4 Å². The highest BCUT2D eigenvalue weighted by atomic mass is 19.1. The number of benzene rings is 4. The minimum Gasteiger partial charge on any atom is -0.489 e. The number of halogens is 3. The molecule has 4 aromatic rings. The summed E-state index contributed by atoms with van der Waals surface area (Å²) in [6, 6.07) is 19.4. The number of nitriles is 1. The Hall–Kier alpha value is -4.04. The summed E-state index contributed by atoms with van der Waals surface area (Å²) in [5, 5.41) is 9.93. The molecular weight excluding hydrogens is 423 g/mol. The first-order chi connectivity index (χ1) is 16.0. The number of rotatable bonds is 7. The summed E-state index contributed by atoms with van der Waals surface area (Å²) < 4.78 is 48.9. The van der Waals surface area contributed by atoms with E-state index in [1.54, 1.807) is 60.7 Å². The summed E-state index contributed by atoms with van der Waals surface area (Å²) in [4.78, 5) is 0. The van der Waals surface area contributed by atoms with Gasteiger partial charge < -0.3 is 4.74 Å². The second-order valence-corrected chi connectivity index (χ2v) is 7.64. The molecule has 0 aromatic heterocycles. The van der Waals surface area contributed by atoms with Gasteiger partial charge in [-0.25, -0.2) is 13.2 Å². The van der Waals surface area contributed by atoms with Gasteiger partial charge in [0, 0.05) is 17.0 Å². The van der Waals surface area contributed by atoms with E-state index in [1.165, 1.54) is 18.2 Å². The second kappa shape index (κ2) is 9.62. The van der Waals surface area contributed by atoms with E-state index in [9.17, 15) is 8.78 Å². The van der Waals surface area contributed by atoms with Crippen LogP contribution >= 0.6 is 0 Å². The molecule has 0 unspecified atom stereocenters. The quantitative estimate of drug-likeness (QED) is 0.284. The van der Waals surface area contributed by atoms with Crippen LogP contribution in [0.3, 0.4) is 0 Å². The number of hydrogen-bond donors (Lipinski definition) is 0. The molecule has 0 saturated heterocycles. The maximum absolute atomic E-state index is 15.1. The van der Waals surface area contributed by atoms with E-state index in [-0.39, 0.29) is 18.0 Å². The van der Waals surface area contributed by atoms with E-state index in [2.05, 4.69) is 6.58 Å². The molecule has 33 heavy (non-hydrogen) atoms. The Balaban J connectivity index is 1.57. The van der Waals surface area contributed by atoms with Crippen molar-refractivity contribution in [1.29, 1.82) is 5.26 Å². The Morgan fingerprint density at radius 2 is 1.73 bits per heavy atom. The van der Waals surface area contributed by atoms with Gasteiger partial charge in [0.2, 0.25) is 0 Å². The number of fused-ring (bicyclic) bond motifs is 1. The zero-order valence-corrected chi connectivity index (χ0v) is 17.7. The van der Waals surface area contributed by atoms with Gasteiger partial charge in [0.25, 0.3) is 0 Å². The molecule has 0 bridgehead atoms. The molecular formula is C28H20F3NO. The van der Waals surface area contributed by atoms with Crippen molar-refractivity contribution in [2.45, 2.75) is 12.8 Å². The van der Waals surface area contributed by atoms with Gasteiger partial charge in [0.1, 0.15) is 35.9 Å². The normalized spacial score (nSPS) is 10.7. The van der Waals surface area contributed by atoms with Gasteiger partial charge in [-0.15, -0.1) is 0 Å². The molecule has 5 heteroatoms. The number of ether oxygens (including phenoxy) is 1. The third-order valence-electron chi connectivity index (χ3n) is 5.49. The molecule has 0 aliphatic carbocycles. The molecule has 4 rings (SSSR count). The molecule has 0 heterocycles. The van der Waals surface area contributed by atoms with E-state index in [4.69, 9.17) is 10.00 Å². The van der Waals surface area contributed by atoms with Gasteiger partial charge in [0.05, 0.1) is 5.56 Å². The topological polar surface area (TPSA) is 33.0 Å². The molecule has 164 valence electrons. The van der Waals surface area contributed by atoms with Crippen LogP contribution in [0.5, 0.6) is 5.75 Å². The van der Waals surface area contributed by atoms with Gasteiger partial charge in [0.15, 0.2) is 0 Å². The number of nitrogens with zero attached hydrogens (tertiary/aromatic N) is 1. The van der Waals surface area contributed by atoms with Crippen LogP contribution in [-0.2, 0) is 12.8 Å². The molecule has 0 N–H and O–H groups in total. The van der Waals surface area contributed by atoms with E-state index in [1.807, 2.05) is 0 Å². The van der Waals surface area contributed by atoms with Crippen LogP contribution in [0.4, 0.5) is 13.2 Å². The van der Waals surface area contributed by atoms with Crippen molar-refractivity contribution in [1.82, 2.24) is 0 Å². The van der Waals surface area contributed by atoms with Crippen LogP contribution in [0.1, 0.15) is 16.7 Å². The van der Waals surface area contributed by atoms with Gasteiger partial charge >= 0.3 is 0 Å². The fraction of sp³-hybridized carbons (Fsp3) is 0.107. The van der Waals surface area contributed by atoms with Crippen molar-refractivity contribution < 1.29 is 17.9 Å². The molecule has 0 atom stereocenters. The van der Waals surface area contributed by atoms with E-state index < -0.39 is 11.6 Å². The van der Waals surface area contributed by atoms with Crippen molar-refractivity contribution in [3.8, 4) is 22.9 Å². The van der Waals surface area contributed by atoms with E-state index >= 15 is 4.39 Å². The largest absolute Gasteiger partial charge is 0.489 e. The number of aryl methyl sites for hydroxylation is 2. The lowest BCUT2D eigenvalue weighted by molar-refractivity contribution is 0.361. The maximum atomic E-state index is 15.1. The SMILES string of the molecule is C=CCOc1ccc(-c2ccc3c(F)c(CCc4ccc(C#N)c(F)c4)ccc3c2)c(F)c1. The summed E-state index contributed by atoms with van der Waals surface area (Å²) in [6.07, 6.45) is 2.41. The second-order valence-electron chi connectivity index (χ2n) is 7.64. The summed E-state index contributed by atoms with van der Waals surface area (Å²) >= 11 is 0. The standard InChI is InChI=1S/C28H20F3NO/c1-2-13-33-23-10-12-24(27(30)16-23)20-9-11-25-21(15-20)8-7-19(28(25)31)5-3-18-4-6-22(17-32)26(29)14-18/h2,4,6-12,14-16H,1,3,5,13H2. The Kier molecular flexibility index (Phi) is 6.46. The highest BCUT2D eigenvalue weighted by molar-refractivity contribution is 5.88. The van der Waals surface area contributed by atoms with Crippen LogP contribution in [0.2, 0.25) is 0 Å². The number of hydrogen-bond acceptors (Lipinski definition) is 2. The average molecular weight is 443 g/mol. The lowest BCUT2D eigenvalue weighted by atomic mass is 9.96. The van der Waals surface area contributed by atoms with Crippen LogP contribution < -0.4 is 4.74 Å². The fourth-order valence-electron chi connectivity index (χ4n) is 3.76. The fourth-order valence-corrected chi connectivity index (χ4v) is 3.76. The highest BCUT2D eigenvalue weighted by Gasteiger charge is 2.12. The first-order valence-corrected chi connectivity index (χ1v) is 10.4. The van der Waals surface area contributed by atoms with Crippen molar-refractivity contribution in [2.75, 3.05) is 6.61 Å². The summed E-state index contributed by atoms with van der Waals surface area (Å²) in [5.41, 5.74) is 2.22. The molecule has 0 spiro atoms. The average Bonchev–Trinajstić information content (AvgIpc) is 2.82. The van der Waals surface area contributed by atoms with Crippen LogP contribution in [0.25, 0.3) is 21.9 Å². The van der Waals surface area contributed by atoms with Gasteiger partial charge in [-0.1, -0.05) is 43.0 Å². The molecule has 0 saturated carbocycles. The summed E-state index contributed by atoms with van der Waals surface area (Å²) in [7, 11) is 0. The lowest BCUT2D eigenvalue weighted by Crippen LogP contribution is -1.97. The molecule has 0 radical (unpaired) electrons. The first-order valence-electron chi connectivity index (χ1n) is 10.4. The Morgan fingerprint density at radius 3 is 2.45 bits per heavy atom. The molecule has 4 aromatic carbocycles. The van der Waals surface area contributed by atoms with Crippen LogP contribution in [-0.4, -0.2) is 6.61 Å². The van der Waals surface area contributed by atoms with Crippen molar-refractivity contribution >= 4 is 10.8 Å². The zero-order chi connectivity index (χ0) is 23.4. The first kappa shape index (κ1) is 22.2. The van der Waals surface area contributed by atoms with Crippen molar-refractivity contribution in [3.63, 3.8) is 0 Å². The van der Waals surface area contributed by atoms with Gasteiger partial charge in [-0.05, 0) is 65.3 Å². The van der Waals surface area contributed by atoms with Crippen molar-refractivity contribution in [2.24, 2.45) is 0 Å². The zero-order valence-electron chi connectivity index (χ0n) is 17.7. The molecule has 0 amide bonds. The predicted molar refractivity (Wildman–Crippen MR) is 124 cm³/mol. The smallest absolute Gasteiger partial charge is 0.141 e. The maximum Gasteiger partial charge on any atom is 0.141 e. The highest BCUT2D eigenvalue weighted by Crippen LogP contribution is 2.31. The Morgan fingerprint density at radius 1 is 0.879 bits per heavy atom. The summed E-state index contributed by atoms with van der Waals surface area (Å²) in [6.45, 7) is 3.86.